The molecule has 0 aliphatic carbocycles. The molecule has 4 nitrogen and oxygen atoms in total. The Morgan fingerprint density at radius 3 is 2.41 bits per heavy atom. The van der Waals surface area contributed by atoms with Crippen LogP contribution in [0.15, 0.2) is 24.3 Å². The van der Waals surface area contributed by atoms with Crippen LogP contribution in [0.1, 0.15) is 20.8 Å². The summed E-state index contributed by atoms with van der Waals surface area (Å²) in [6.07, 6.45) is 0.0357. The Balaban J connectivity index is 2.65. The van der Waals surface area contributed by atoms with Crippen molar-refractivity contribution in [2.45, 2.75) is 26.9 Å². The Bertz CT molecular complexity index is 419. The highest BCUT2D eigenvalue weighted by molar-refractivity contribution is 7.80. The molecular formula is C12H16N2O2S. The summed E-state index contributed by atoms with van der Waals surface area (Å²) < 4.78 is 5.31. The molecule has 92 valence electrons. The zero-order valence-corrected chi connectivity index (χ0v) is 10.9. The van der Waals surface area contributed by atoms with Crippen LogP contribution in [-0.2, 0) is 9.53 Å². The molecule has 1 aromatic rings. The highest BCUT2D eigenvalue weighted by Gasteiger charge is 2.02. The molecule has 0 unspecified atom stereocenters. The lowest BCUT2D eigenvalue weighted by Crippen LogP contribution is -2.17. The summed E-state index contributed by atoms with van der Waals surface area (Å²) in [5, 5.41) is 5.96. The fraction of sp³-hybridized carbons (Fsp3) is 0.333. The van der Waals surface area contributed by atoms with Gasteiger partial charge in [0.15, 0.2) is 0 Å². The fourth-order valence-electron chi connectivity index (χ4n) is 1.24. The molecule has 0 heterocycles. The van der Waals surface area contributed by atoms with E-state index in [9.17, 15) is 4.79 Å². The lowest BCUT2D eigenvalue weighted by Gasteiger charge is -2.13. The van der Waals surface area contributed by atoms with E-state index in [0.717, 1.165) is 11.4 Å². The van der Waals surface area contributed by atoms with Crippen molar-refractivity contribution >= 4 is 34.7 Å². The van der Waals surface area contributed by atoms with Gasteiger partial charge in [-0.3, -0.25) is 4.79 Å². The van der Waals surface area contributed by atoms with Gasteiger partial charge in [0.2, 0.25) is 5.91 Å². The van der Waals surface area contributed by atoms with Gasteiger partial charge in [-0.05, 0) is 44.3 Å². The second-order valence-electron chi connectivity index (χ2n) is 3.84. The Morgan fingerprint density at radius 1 is 1.29 bits per heavy atom. The number of carbonyl (C=O) groups excluding carboxylic acids is 1. The van der Waals surface area contributed by atoms with Gasteiger partial charge in [0, 0.05) is 18.3 Å². The number of hydrogen-bond acceptors (Lipinski definition) is 3. The SMILES string of the molecule is CC(=O)Nc1cccc(NC(=S)OC(C)C)c1. The smallest absolute Gasteiger partial charge is 0.261 e. The normalized spacial score (nSPS) is 9.88. The standard InChI is InChI=1S/C12H16N2O2S/c1-8(2)16-12(17)14-11-6-4-5-10(7-11)13-9(3)15/h4-8H,1-3H3,(H,13,15)(H,14,17). The largest absolute Gasteiger partial charge is 0.468 e. The number of nitrogens with one attached hydrogen (secondary N) is 2. The summed E-state index contributed by atoms with van der Waals surface area (Å²) >= 11 is 5.02. The van der Waals surface area contributed by atoms with Crippen molar-refractivity contribution in [2.75, 3.05) is 10.6 Å². The van der Waals surface area contributed by atoms with Gasteiger partial charge >= 0.3 is 0 Å². The minimum atomic E-state index is -0.108. The van der Waals surface area contributed by atoms with Crippen molar-refractivity contribution in [3.05, 3.63) is 24.3 Å². The van der Waals surface area contributed by atoms with Crippen LogP contribution in [0.5, 0.6) is 0 Å². The number of rotatable bonds is 3. The molecule has 0 atom stereocenters. The van der Waals surface area contributed by atoms with Gasteiger partial charge in [0.05, 0.1) is 6.10 Å². The van der Waals surface area contributed by atoms with Gasteiger partial charge in [-0.1, -0.05) is 6.07 Å². The van der Waals surface area contributed by atoms with Crippen LogP contribution >= 0.6 is 12.2 Å². The summed E-state index contributed by atoms with van der Waals surface area (Å²) in [4.78, 5) is 10.9. The second kappa shape index (κ2) is 6.20. The van der Waals surface area contributed by atoms with Crippen molar-refractivity contribution < 1.29 is 9.53 Å². The quantitative estimate of drug-likeness (QED) is 0.812. The number of anilines is 2. The number of ether oxygens (including phenoxy) is 1. The van der Waals surface area contributed by atoms with Gasteiger partial charge in [-0.15, -0.1) is 0 Å². The van der Waals surface area contributed by atoms with Gasteiger partial charge in [0.1, 0.15) is 0 Å². The molecule has 0 saturated heterocycles. The molecule has 1 amide bonds. The summed E-state index contributed by atoms with van der Waals surface area (Å²) in [7, 11) is 0. The van der Waals surface area contributed by atoms with E-state index in [4.69, 9.17) is 17.0 Å². The summed E-state index contributed by atoms with van der Waals surface area (Å²) in [5.41, 5.74) is 1.50. The topological polar surface area (TPSA) is 50.4 Å². The van der Waals surface area contributed by atoms with Gasteiger partial charge < -0.3 is 15.4 Å². The van der Waals surface area contributed by atoms with Crippen LogP contribution in [0.4, 0.5) is 11.4 Å². The summed E-state index contributed by atoms with van der Waals surface area (Å²) in [6, 6.07) is 7.27. The van der Waals surface area contributed by atoms with E-state index in [2.05, 4.69) is 10.6 Å². The Morgan fingerprint density at radius 2 is 1.88 bits per heavy atom. The Labute approximate surface area is 106 Å². The monoisotopic (exact) mass is 252 g/mol. The minimum Gasteiger partial charge on any atom is -0.468 e. The second-order valence-corrected chi connectivity index (χ2v) is 4.21. The van der Waals surface area contributed by atoms with E-state index in [1.54, 1.807) is 12.1 Å². The first-order chi connectivity index (χ1) is 7.97. The predicted octanol–water partition coefficient (Wildman–Crippen LogP) is 2.77. The molecule has 0 spiro atoms. The van der Waals surface area contributed by atoms with Crippen molar-refractivity contribution in [3.8, 4) is 0 Å². The molecule has 0 fully saturated rings. The van der Waals surface area contributed by atoms with E-state index >= 15 is 0 Å². The van der Waals surface area contributed by atoms with Gasteiger partial charge in [-0.25, -0.2) is 0 Å². The summed E-state index contributed by atoms with van der Waals surface area (Å²) in [6.45, 7) is 5.27. The first-order valence-corrected chi connectivity index (χ1v) is 5.73. The molecule has 0 aliphatic heterocycles. The maximum absolute atomic E-state index is 10.9. The molecule has 0 aromatic heterocycles. The van der Waals surface area contributed by atoms with Crippen molar-refractivity contribution in [2.24, 2.45) is 0 Å². The molecule has 0 bridgehead atoms. The molecule has 0 saturated carbocycles. The highest BCUT2D eigenvalue weighted by atomic mass is 32.1. The Kier molecular flexibility index (Phi) is 4.90. The average molecular weight is 252 g/mol. The number of carbonyl (C=O) groups is 1. The zero-order chi connectivity index (χ0) is 12.8. The molecule has 5 heteroatoms. The number of thiocarbonyl (C=S) groups is 1. The lowest BCUT2D eigenvalue weighted by molar-refractivity contribution is -0.114. The average Bonchev–Trinajstić information content (AvgIpc) is 2.14. The van der Waals surface area contributed by atoms with E-state index in [1.165, 1.54) is 6.92 Å². The zero-order valence-electron chi connectivity index (χ0n) is 10.1. The third kappa shape index (κ3) is 5.31. The van der Waals surface area contributed by atoms with Gasteiger partial charge in [0.25, 0.3) is 5.17 Å². The third-order valence-electron chi connectivity index (χ3n) is 1.77. The fourth-order valence-corrected chi connectivity index (χ4v) is 1.55. The molecule has 2 N–H and O–H groups in total. The first kappa shape index (κ1) is 13.4. The van der Waals surface area contributed by atoms with Crippen LogP contribution in [0.3, 0.4) is 0 Å². The lowest BCUT2D eigenvalue weighted by atomic mass is 10.3. The van der Waals surface area contributed by atoms with E-state index in [0.29, 0.717) is 5.17 Å². The van der Waals surface area contributed by atoms with Crippen LogP contribution < -0.4 is 10.6 Å². The Hall–Kier alpha value is -1.62. The van der Waals surface area contributed by atoms with Crippen LogP contribution in [0.25, 0.3) is 0 Å². The minimum absolute atomic E-state index is 0.0357. The first-order valence-electron chi connectivity index (χ1n) is 5.32. The third-order valence-corrected chi connectivity index (χ3v) is 1.97. The number of benzene rings is 1. The van der Waals surface area contributed by atoms with E-state index in [-0.39, 0.29) is 12.0 Å². The molecule has 1 rings (SSSR count). The summed E-state index contributed by atoms with van der Waals surface area (Å²) in [5.74, 6) is -0.108. The van der Waals surface area contributed by atoms with E-state index in [1.807, 2.05) is 26.0 Å². The van der Waals surface area contributed by atoms with Crippen molar-refractivity contribution in [1.82, 2.24) is 0 Å². The van der Waals surface area contributed by atoms with Gasteiger partial charge in [-0.2, -0.15) is 0 Å². The van der Waals surface area contributed by atoms with Crippen molar-refractivity contribution in [1.29, 1.82) is 0 Å². The highest BCUT2D eigenvalue weighted by Crippen LogP contribution is 2.15. The molecule has 17 heavy (non-hydrogen) atoms. The number of hydrogen-bond donors (Lipinski definition) is 2. The molecule has 0 aliphatic rings. The van der Waals surface area contributed by atoms with Crippen molar-refractivity contribution in [3.63, 3.8) is 0 Å². The predicted molar refractivity (Wildman–Crippen MR) is 73.2 cm³/mol. The molecule has 1 aromatic carbocycles. The number of amides is 1. The van der Waals surface area contributed by atoms with Crippen LogP contribution in [0, 0.1) is 0 Å². The molecule has 0 radical (unpaired) electrons. The maximum atomic E-state index is 10.9. The van der Waals surface area contributed by atoms with Crippen LogP contribution in [0.2, 0.25) is 0 Å². The van der Waals surface area contributed by atoms with E-state index < -0.39 is 0 Å². The molecular weight excluding hydrogens is 236 g/mol. The maximum Gasteiger partial charge on any atom is 0.261 e. The van der Waals surface area contributed by atoms with Crippen LogP contribution in [-0.4, -0.2) is 17.2 Å².